The molecule has 31 heavy (non-hydrogen) atoms. The SMILES string of the molecule is COCCCOc1cc2c(cc1-c1cncnc1)-c1cc(=O)c(C)cn1C(C(C)C)C2. The highest BCUT2D eigenvalue weighted by Crippen LogP contribution is 2.42. The Kier molecular flexibility index (Phi) is 6.18. The van der Waals surface area contributed by atoms with Gasteiger partial charge in [-0.1, -0.05) is 13.8 Å². The number of pyridine rings is 1. The number of fused-ring (bicyclic) bond motifs is 3. The Bertz CT molecular complexity index is 1120. The van der Waals surface area contributed by atoms with Crippen molar-refractivity contribution in [3.05, 3.63) is 64.5 Å². The van der Waals surface area contributed by atoms with E-state index in [1.165, 1.54) is 11.9 Å². The third-order valence-electron chi connectivity index (χ3n) is 5.93. The predicted octanol–water partition coefficient (Wildman–Crippen LogP) is 4.45. The van der Waals surface area contributed by atoms with Crippen LogP contribution in [0.25, 0.3) is 22.4 Å². The van der Waals surface area contributed by atoms with Gasteiger partial charge in [0.2, 0.25) is 0 Å². The van der Waals surface area contributed by atoms with Gasteiger partial charge in [0, 0.05) is 73.1 Å². The van der Waals surface area contributed by atoms with Gasteiger partial charge in [-0.3, -0.25) is 4.79 Å². The summed E-state index contributed by atoms with van der Waals surface area (Å²) in [6, 6.07) is 6.31. The van der Waals surface area contributed by atoms with E-state index in [4.69, 9.17) is 9.47 Å². The summed E-state index contributed by atoms with van der Waals surface area (Å²) in [5.74, 6) is 1.25. The van der Waals surface area contributed by atoms with Gasteiger partial charge in [0.15, 0.2) is 5.43 Å². The number of aromatic nitrogens is 3. The molecule has 0 radical (unpaired) electrons. The first-order valence-corrected chi connectivity index (χ1v) is 10.8. The molecule has 6 heteroatoms. The highest BCUT2D eigenvalue weighted by molar-refractivity contribution is 5.79. The molecule has 3 heterocycles. The average Bonchev–Trinajstić information content (AvgIpc) is 2.77. The van der Waals surface area contributed by atoms with Crippen LogP contribution in [0.1, 0.15) is 37.4 Å². The molecule has 0 saturated carbocycles. The number of aryl methyl sites for hydroxylation is 1. The van der Waals surface area contributed by atoms with E-state index in [1.54, 1.807) is 25.6 Å². The standard InChI is InChI=1S/C25H29N3O3/c1-16(2)22-8-18-9-25(31-7-5-6-30-4)21(19-12-26-15-27-13-19)10-20(18)23-11-24(29)17(3)14-28(22)23/h9-16,22H,5-8H2,1-4H3. The summed E-state index contributed by atoms with van der Waals surface area (Å²) in [6.07, 6.45) is 8.81. The Morgan fingerprint density at radius 3 is 2.61 bits per heavy atom. The fraction of sp³-hybridized carbons (Fsp3) is 0.400. The van der Waals surface area contributed by atoms with Crippen LogP contribution < -0.4 is 10.2 Å². The highest BCUT2D eigenvalue weighted by atomic mass is 16.5. The van der Waals surface area contributed by atoms with Crippen molar-refractivity contribution in [3.8, 4) is 28.1 Å². The molecule has 0 fully saturated rings. The zero-order valence-corrected chi connectivity index (χ0v) is 18.6. The number of rotatable bonds is 7. The van der Waals surface area contributed by atoms with Gasteiger partial charge in [-0.25, -0.2) is 9.97 Å². The van der Waals surface area contributed by atoms with Crippen molar-refractivity contribution in [1.82, 2.24) is 14.5 Å². The van der Waals surface area contributed by atoms with Crippen molar-refractivity contribution in [2.45, 2.75) is 39.7 Å². The maximum Gasteiger partial charge on any atom is 0.185 e. The molecular formula is C25H29N3O3. The first kappa shape index (κ1) is 21.2. The molecule has 1 aromatic carbocycles. The Hall–Kier alpha value is -2.99. The number of hydrogen-bond acceptors (Lipinski definition) is 5. The lowest BCUT2D eigenvalue weighted by Crippen LogP contribution is -2.26. The summed E-state index contributed by atoms with van der Waals surface area (Å²) in [6.45, 7) is 7.55. The van der Waals surface area contributed by atoms with Crippen molar-refractivity contribution in [3.63, 3.8) is 0 Å². The molecule has 162 valence electrons. The molecule has 0 spiro atoms. The van der Waals surface area contributed by atoms with Crippen molar-refractivity contribution in [2.75, 3.05) is 20.3 Å². The number of benzene rings is 1. The van der Waals surface area contributed by atoms with E-state index in [2.05, 4.69) is 40.5 Å². The normalized spacial score (nSPS) is 14.9. The summed E-state index contributed by atoms with van der Waals surface area (Å²) in [7, 11) is 1.69. The molecule has 1 aliphatic heterocycles. The first-order valence-electron chi connectivity index (χ1n) is 10.8. The van der Waals surface area contributed by atoms with Crippen LogP contribution in [-0.4, -0.2) is 34.9 Å². The van der Waals surface area contributed by atoms with E-state index in [1.807, 2.05) is 13.1 Å². The topological polar surface area (TPSA) is 66.2 Å². The molecule has 1 atom stereocenters. The summed E-state index contributed by atoms with van der Waals surface area (Å²) in [4.78, 5) is 20.9. The van der Waals surface area contributed by atoms with Gasteiger partial charge in [-0.2, -0.15) is 0 Å². The molecule has 1 unspecified atom stereocenters. The van der Waals surface area contributed by atoms with Crippen LogP contribution in [0.15, 0.2) is 47.9 Å². The second kappa shape index (κ2) is 9.02. The Labute approximate surface area is 182 Å². The van der Waals surface area contributed by atoms with E-state index in [0.29, 0.717) is 19.1 Å². The lowest BCUT2D eigenvalue weighted by molar-refractivity contribution is 0.172. The number of nitrogens with zero attached hydrogens (tertiary/aromatic N) is 3. The zero-order valence-electron chi connectivity index (χ0n) is 18.6. The van der Waals surface area contributed by atoms with Crippen LogP contribution in [0.2, 0.25) is 0 Å². The summed E-state index contributed by atoms with van der Waals surface area (Å²) in [5, 5.41) is 0. The molecule has 4 rings (SSSR count). The zero-order chi connectivity index (χ0) is 22.0. The fourth-order valence-electron chi connectivity index (χ4n) is 4.22. The van der Waals surface area contributed by atoms with Crippen LogP contribution in [0.5, 0.6) is 5.75 Å². The minimum atomic E-state index is 0.0612. The molecule has 0 bridgehead atoms. The molecule has 3 aromatic rings. The second-order valence-corrected chi connectivity index (χ2v) is 8.46. The Morgan fingerprint density at radius 2 is 1.90 bits per heavy atom. The maximum absolute atomic E-state index is 12.5. The van der Waals surface area contributed by atoms with Crippen LogP contribution in [0.3, 0.4) is 0 Å². The van der Waals surface area contributed by atoms with Crippen molar-refractivity contribution in [1.29, 1.82) is 0 Å². The third-order valence-corrected chi connectivity index (χ3v) is 5.93. The molecule has 0 N–H and O–H groups in total. The summed E-state index contributed by atoms with van der Waals surface area (Å²) in [5.41, 5.74) is 5.87. The third kappa shape index (κ3) is 4.26. The van der Waals surface area contributed by atoms with E-state index >= 15 is 0 Å². The van der Waals surface area contributed by atoms with Crippen LogP contribution in [0, 0.1) is 12.8 Å². The van der Waals surface area contributed by atoms with E-state index in [0.717, 1.165) is 46.5 Å². The number of ether oxygens (including phenoxy) is 2. The molecule has 1 aliphatic rings. The van der Waals surface area contributed by atoms with Crippen LogP contribution in [0.4, 0.5) is 0 Å². The van der Waals surface area contributed by atoms with E-state index in [9.17, 15) is 4.79 Å². The summed E-state index contributed by atoms with van der Waals surface area (Å²) < 4.78 is 13.6. The van der Waals surface area contributed by atoms with Crippen molar-refractivity contribution < 1.29 is 9.47 Å². The van der Waals surface area contributed by atoms with Gasteiger partial charge in [-0.05, 0) is 37.0 Å². The van der Waals surface area contributed by atoms with Gasteiger partial charge in [0.25, 0.3) is 0 Å². The van der Waals surface area contributed by atoms with E-state index in [-0.39, 0.29) is 11.5 Å². The molecule has 0 aliphatic carbocycles. The lowest BCUT2D eigenvalue weighted by Gasteiger charge is -2.34. The Balaban J connectivity index is 1.87. The van der Waals surface area contributed by atoms with Gasteiger partial charge in [-0.15, -0.1) is 0 Å². The van der Waals surface area contributed by atoms with Crippen LogP contribution in [-0.2, 0) is 11.2 Å². The van der Waals surface area contributed by atoms with Gasteiger partial charge >= 0.3 is 0 Å². The molecule has 6 nitrogen and oxygen atoms in total. The van der Waals surface area contributed by atoms with Gasteiger partial charge in [0.1, 0.15) is 12.1 Å². The van der Waals surface area contributed by atoms with Crippen LogP contribution >= 0.6 is 0 Å². The largest absolute Gasteiger partial charge is 0.493 e. The quantitative estimate of drug-likeness (QED) is 0.530. The second-order valence-electron chi connectivity index (χ2n) is 8.46. The average molecular weight is 420 g/mol. The number of hydrogen-bond donors (Lipinski definition) is 0. The van der Waals surface area contributed by atoms with Gasteiger partial charge < -0.3 is 14.0 Å². The molecule has 0 amide bonds. The smallest absolute Gasteiger partial charge is 0.185 e. The molecular weight excluding hydrogens is 390 g/mol. The van der Waals surface area contributed by atoms with E-state index < -0.39 is 0 Å². The predicted molar refractivity (Wildman–Crippen MR) is 121 cm³/mol. The highest BCUT2D eigenvalue weighted by Gasteiger charge is 2.28. The number of methoxy groups -OCH3 is 1. The minimum Gasteiger partial charge on any atom is -0.493 e. The monoisotopic (exact) mass is 419 g/mol. The van der Waals surface area contributed by atoms with Crippen molar-refractivity contribution in [2.24, 2.45) is 5.92 Å². The van der Waals surface area contributed by atoms with Crippen molar-refractivity contribution >= 4 is 0 Å². The maximum atomic E-state index is 12.5. The summed E-state index contributed by atoms with van der Waals surface area (Å²) >= 11 is 0. The Morgan fingerprint density at radius 1 is 1.13 bits per heavy atom. The molecule has 0 saturated heterocycles. The molecule has 2 aromatic heterocycles. The lowest BCUT2D eigenvalue weighted by atomic mass is 9.85. The fourth-order valence-corrected chi connectivity index (χ4v) is 4.22. The first-order chi connectivity index (χ1) is 15.0. The van der Waals surface area contributed by atoms with Gasteiger partial charge in [0.05, 0.1) is 12.3 Å². The minimum absolute atomic E-state index is 0.0612.